The Balaban J connectivity index is 3.37. The predicted molar refractivity (Wildman–Crippen MR) is 393 cm³/mol. The van der Waals surface area contributed by atoms with Crippen LogP contribution in [0.25, 0.3) is 0 Å². The molecule has 0 heterocycles. The van der Waals surface area contributed by atoms with Crippen LogP contribution in [0.15, 0.2) is 36.5 Å². The summed E-state index contributed by atoms with van der Waals surface area (Å²) < 4.78 is 5.51. The van der Waals surface area contributed by atoms with Crippen LogP contribution in [0.4, 0.5) is 0 Å². The van der Waals surface area contributed by atoms with E-state index < -0.39 is 12.1 Å². The van der Waals surface area contributed by atoms with Crippen molar-refractivity contribution < 1.29 is 24.5 Å². The molecule has 526 valence electrons. The van der Waals surface area contributed by atoms with Crippen LogP contribution in [0, 0.1) is 0 Å². The maximum atomic E-state index is 12.6. The monoisotopic (exact) mass is 1250 g/mol. The van der Waals surface area contributed by atoms with E-state index in [2.05, 4.69) is 55.6 Å². The van der Waals surface area contributed by atoms with Gasteiger partial charge in [0.1, 0.15) is 0 Å². The van der Waals surface area contributed by atoms with Crippen LogP contribution in [-0.4, -0.2) is 47.4 Å². The zero-order valence-electron chi connectivity index (χ0n) is 60.4. The zero-order chi connectivity index (χ0) is 64.2. The first kappa shape index (κ1) is 87.1. The lowest BCUT2D eigenvalue weighted by molar-refractivity contribution is -0.143. The van der Waals surface area contributed by atoms with Gasteiger partial charge >= 0.3 is 5.97 Å². The fourth-order valence-electron chi connectivity index (χ4n) is 13.0. The van der Waals surface area contributed by atoms with Crippen LogP contribution in [0.2, 0.25) is 0 Å². The van der Waals surface area contributed by atoms with Gasteiger partial charge < -0.3 is 20.3 Å². The van der Waals surface area contributed by atoms with E-state index in [4.69, 9.17) is 4.74 Å². The molecule has 0 aromatic carbocycles. The lowest BCUT2D eigenvalue weighted by Crippen LogP contribution is -2.45. The molecule has 0 aliphatic heterocycles. The number of rotatable bonds is 77. The Morgan fingerprint density at radius 2 is 0.562 bits per heavy atom. The average Bonchev–Trinajstić information content (AvgIpc) is 3.57. The number of aliphatic hydroxyl groups is 2. The summed E-state index contributed by atoms with van der Waals surface area (Å²) in [7, 11) is 0. The van der Waals surface area contributed by atoms with Crippen molar-refractivity contribution in [2.45, 2.75) is 469 Å². The van der Waals surface area contributed by atoms with Gasteiger partial charge in [-0.1, -0.05) is 397 Å². The van der Waals surface area contributed by atoms with Crippen molar-refractivity contribution in [3.63, 3.8) is 0 Å². The number of nitrogens with one attached hydrogen (secondary N) is 1. The Kier molecular flexibility index (Phi) is 76.8. The number of carbonyl (C=O) groups excluding carboxylic acids is 2. The van der Waals surface area contributed by atoms with Crippen LogP contribution >= 0.6 is 0 Å². The number of ether oxygens (including phenoxy) is 1. The van der Waals surface area contributed by atoms with Gasteiger partial charge in [0.05, 0.1) is 25.4 Å². The summed E-state index contributed by atoms with van der Waals surface area (Å²) in [6.07, 6.45) is 102. The molecule has 0 aliphatic carbocycles. The van der Waals surface area contributed by atoms with Crippen LogP contribution in [0.1, 0.15) is 457 Å². The molecule has 0 aliphatic rings. The molecule has 3 N–H and O–H groups in total. The number of amides is 1. The Bertz CT molecular complexity index is 1440. The van der Waals surface area contributed by atoms with Gasteiger partial charge in [-0.05, 0) is 83.5 Å². The van der Waals surface area contributed by atoms with Crippen molar-refractivity contribution in [2.75, 3.05) is 13.2 Å². The molecule has 0 fully saturated rings. The Morgan fingerprint density at radius 1 is 0.315 bits per heavy atom. The highest BCUT2D eigenvalue weighted by molar-refractivity contribution is 5.76. The molecule has 2 atom stereocenters. The molecule has 0 rings (SSSR count). The fourth-order valence-corrected chi connectivity index (χ4v) is 13.0. The minimum atomic E-state index is -0.666. The third kappa shape index (κ3) is 75.0. The second kappa shape index (κ2) is 78.5. The van der Waals surface area contributed by atoms with Crippen molar-refractivity contribution in [1.29, 1.82) is 0 Å². The SMILES string of the molecule is CCCCC/C=C\C/C=C\CCCCCCCCCCCC(=O)OCCCCCCCCCCCCCC/C=C\CCCCCCCCCCCCCCC(=O)NC(CO)C(O)CCCCCCCCCCCCCCCCCCCCCCCCCCC. The quantitative estimate of drug-likeness (QED) is 0.0320. The van der Waals surface area contributed by atoms with E-state index in [0.717, 1.165) is 51.4 Å². The highest BCUT2D eigenvalue weighted by Crippen LogP contribution is 2.20. The highest BCUT2D eigenvalue weighted by Gasteiger charge is 2.20. The minimum Gasteiger partial charge on any atom is -0.466 e. The molecule has 0 spiro atoms. The van der Waals surface area contributed by atoms with Gasteiger partial charge in [-0.15, -0.1) is 0 Å². The Hall–Kier alpha value is -1.92. The number of unbranched alkanes of at least 4 members (excludes halogenated alkanes) is 60. The third-order valence-corrected chi connectivity index (χ3v) is 19.2. The molecule has 0 bridgehead atoms. The van der Waals surface area contributed by atoms with Gasteiger partial charge in [0, 0.05) is 12.8 Å². The highest BCUT2D eigenvalue weighted by atomic mass is 16.5. The number of esters is 1. The van der Waals surface area contributed by atoms with E-state index in [9.17, 15) is 19.8 Å². The molecule has 89 heavy (non-hydrogen) atoms. The van der Waals surface area contributed by atoms with Crippen molar-refractivity contribution >= 4 is 11.9 Å². The average molecular weight is 1250 g/mol. The number of carbonyl (C=O) groups is 2. The number of allylic oxidation sites excluding steroid dienone is 6. The molecule has 6 heteroatoms. The fraction of sp³-hybridized carbons (Fsp3) is 0.904. The van der Waals surface area contributed by atoms with Crippen LogP contribution in [-0.2, 0) is 14.3 Å². The summed E-state index contributed by atoms with van der Waals surface area (Å²) >= 11 is 0. The van der Waals surface area contributed by atoms with Crippen LogP contribution in [0.5, 0.6) is 0 Å². The minimum absolute atomic E-state index is 0.0131. The van der Waals surface area contributed by atoms with E-state index >= 15 is 0 Å². The molecule has 6 nitrogen and oxygen atoms in total. The molecule has 0 aromatic rings. The Morgan fingerprint density at radius 3 is 0.888 bits per heavy atom. The molecule has 0 saturated carbocycles. The van der Waals surface area contributed by atoms with Gasteiger partial charge in [-0.2, -0.15) is 0 Å². The maximum Gasteiger partial charge on any atom is 0.305 e. The Labute approximate surface area is 557 Å². The van der Waals surface area contributed by atoms with Crippen molar-refractivity contribution in [3.05, 3.63) is 36.5 Å². The van der Waals surface area contributed by atoms with Gasteiger partial charge in [0.15, 0.2) is 0 Å². The number of aliphatic hydroxyl groups excluding tert-OH is 2. The van der Waals surface area contributed by atoms with Gasteiger partial charge in [-0.3, -0.25) is 9.59 Å². The van der Waals surface area contributed by atoms with Crippen molar-refractivity contribution in [3.8, 4) is 0 Å². The molecule has 0 radical (unpaired) electrons. The second-order valence-corrected chi connectivity index (χ2v) is 28.1. The van der Waals surface area contributed by atoms with E-state index in [1.54, 1.807) is 0 Å². The van der Waals surface area contributed by atoms with E-state index in [0.29, 0.717) is 25.9 Å². The second-order valence-electron chi connectivity index (χ2n) is 28.1. The standard InChI is InChI=1S/C83H159NO5/c1-3-5-7-9-11-13-15-17-19-21-23-24-25-30-33-36-40-43-47-51-55-59-63-67-71-75-81(86)80(79-85)84-82(87)76-72-68-64-60-56-52-48-44-41-37-34-31-28-26-27-29-32-35-38-42-46-50-54-58-62-66-70-74-78-89-83(88)77-73-69-65-61-57-53-49-45-39-22-20-18-16-14-12-10-8-6-4-2/h12,14,18,20,26-27,80-81,85-86H,3-11,13,15-17,19,21-25,28-79H2,1-2H3,(H,84,87)/b14-12-,20-18-,27-26-. The van der Waals surface area contributed by atoms with Crippen LogP contribution in [0.3, 0.4) is 0 Å². The van der Waals surface area contributed by atoms with Gasteiger partial charge in [-0.25, -0.2) is 0 Å². The predicted octanol–water partition coefficient (Wildman–Crippen LogP) is 27.0. The first-order chi connectivity index (χ1) is 44.0. The smallest absolute Gasteiger partial charge is 0.305 e. The normalized spacial score (nSPS) is 12.6. The summed E-state index contributed by atoms with van der Waals surface area (Å²) in [4.78, 5) is 24.7. The zero-order valence-corrected chi connectivity index (χ0v) is 60.4. The largest absolute Gasteiger partial charge is 0.466 e. The van der Waals surface area contributed by atoms with Crippen molar-refractivity contribution in [2.24, 2.45) is 0 Å². The molecular formula is C83H159NO5. The summed E-state index contributed by atoms with van der Waals surface area (Å²) in [5.74, 6) is -0.0163. The van der Waals surface area contributed by atoms with E-state index in [-0.39, 0.29) is 18.5 Å². The summed E-state index contributed by atoms with van der Waals surface area (Å²) in [6.45, 7) is 4.98. The van der Waals surface area contributed by atoms with E-state index in [1.807, 2.05) is 0 Å². The molecule has 0 saturated heterocycles. The third-order valence-electron chi connectivity index (χ3n) is 19.2. The first-order valence-electron chi connectivity index (χ1n) is 40.7. The van der Waals surface area contributed by atoms with Gasteiger partial charge in [0.25, 0.3) is 0 Å². The molecule has 2 unspecified atom stereocenters. The maximum absolute atomic E-state index is 12.6. The van der Waals surface area contributed by atoms with E-state index in [1.165, 1.54) is 372 Å². The summed E-state index contributed by atoms with van der Waals surface area (Å²) in [5, 5.41) is 23.5. The molecule has 1 amide bonds. The topological polar surface area (TPSA) is 95.9 Å². The molecule has 0 aromatic heterocycles. The van der Waals surface area contributed by atoms with Crippen molar-refractivity contribution in [1.82, 2.24) is 5.32 Å². The lowest BCUT2D eigenvalue weighted by Gasteiger charge is -2.22. The lowest BCUT2D eigenvalue weighted by atomic mass is 10.0. The summed E-state index contributed by atoms with van der Waals surface area (Å²) in [6, 6.07) is -0.544. The first-order valence-corrected chi connectivity index (χ1v) is 40.7. The number of hydrogen-bond donors (Lipinski definition) is 3. The summed E-state index contributed by atoms with van der Waals surface area (Å²) in [5.41, 5.74) is 0. The van der Waals surface area contributed by atoms with Crippen LogP contribution < -0.4 is 5.32 Å². The van der Waals surface area contributed by atoms with Gasteiger partial charge in [0.2, 0.25) is 5.91 Å². The number of hydrogen-bond acceptors (Lipinski definition) is 5. The molecular weight excluding hydrogens is 1090 g/mol.